The summed E-state index contributed by atoms with van der Waals surface area (Å²) in [5.41, 5.74) is 6.70. The zero-order chi connectivity index (χ0) is 21.6. The summed E-state index contributed by atoms with van der Waals surface area (Å²) in [6.45, 7) is 9.49. The van der Waals surface area contributed by atoms with E-state index >= 15 is 0 Å². The maximum Gasteiger partial charge on any atom is 0.338 e. The van der Waals surface area contributed by atoms with Crippen molar-refractivity contribution in [2.24, 2.45) is 5.73 Å². The Hall–Kier alpha value is -3.11. The van der Waals surface area contributed by atoms with Gasteiger partial charge in [0.05, 0.1) is 29.7 Å². The van der Waals surface area contributed by atoms with Crippen LogP contribution in [0.15, 0.2) is 47.6 Å². The van der Waals surface area contributed by atoms with Crippen molar-refractivity contribution >= 4 is 17.6 Å². The number of halogens is 1. The van der Waals surface area contributed by atoms with Gasteiger partial charge in [0, 0.05) is 0 Å². The minimum Gasteiger partial charge on any atom is -0.490 e. The number of hydrogen-bond acceptors (Lipinski definition) is 7. The maximum absolute atomic E-state index is 12.6. The maximum atomic E-state index is 12.6. The molecule has 0 saturated heterocycles. The van der Waals surface area contributed by atoms with Crippen LogP contribution in [0.4, 0.5) is 0 Å². The Morgan fingerprint density at radius 2 is 2.10 bits per heavy atom. The molecule has 2 N–H and O–H groups in total. The summed E-state index contributed by atoms with van der Waals surface area (Å²) in [6, 6.07) is 5.30. The summed E-state index contributed by atoms with van der Waals surface area (Å²) >= 11 is 6.44. The number of allylic oxidation sites excluding steroid dienone is 2. The first-order valence-corrected chi connectivity index (χ1v) is 9.42. The molecule has 0 aliphatic carbocycles. The summed E-state index contributed by atoms with van der Waals surface area (Å²) in [4.78, 5) is 12.6. The van der Waals surface area contributed by atoms with Crippen molar-refractivity contribution in [3.8, 4) is 17.6 Å². The van der Waals surface area contributed by atoms with Gasteiger partial charge in [-0.25, -0.2) is 4.79 Å². The van der Waals surface area contributed by atoms with E-state index in [-0.39, 0.29) is 41.0 Å². The number of esters is 1. The molecule has 0 bridgehead atoms. The van der Waals surface area contributed by atoms with Crippen LogP contribution in [0.2, 0.25) is 5.02 Å². The zero-order valence-electron chi connectivity index (χ0n) is 16.6. The monoisotopic (exact) mass is 418 g/mol. The number of benzene rings is 1. The summed E-state index contributed by atoms with van der Waals surface area (Å²) < 4.78 is 21.9. The van der Waals surface area contributed by atoms with Crippen LogP contribution >= 0.6 is 11.6 Å². The molecule has 1 aromatic rings. The third-order valence-electron chi connectivity index (χ3n) is 4.11. The van der Waals surface area contributed by atoms with Crippen molar-refractivity contribution in [3.63, 3.8) is 0 Å². The van der Waals surface area contributed by atoms with Crippen molar-refractivity contribution in [2.45, 2.75) is 26.7 Å². The normalized spacial score (nSPS) is 16.0. The van der Waals surface area contributed by atoms with E-state index in [9.17, 15) is 10.1 Å². The van der Waals surface area contributed by atoms with Crippen molar-refractivity contribution in [1.82, 2.24) is 0 Å². The molecule has 0 saturated carbocycles. The lowest BCUT2D eigenvalue weighted by molar-refractivity contribution is -0.139. The number of ether oxygens (including phenoxy) is 4. The fourth-order valence-corrected chi connectivity index (χ4v) is 3.26. The molecule has 7 nitrogen and oxygen atoms in total. The van der Waals surface area contributed by atoms with E-state index in [1.54, 1.807) is 32.1 Å². The third-order valence-corrected chi connectivity index (χ3v) is 4.39. The number of nitrogens with two attached hydrogens (primary N) is 1. The molecular formula is C21H23ClN2O5. The van der Waals surface area contributed by atoms with Gasteiger partial charge in [-0.2, -0.15) is 5.26 Å². The van der Waals surface area contributed by atoms with Crippen LogP contribution in [0.5, 0.6) is 11.5 Å². The number of hydrogen-bond donors (Lipinski definition) is 1. The Morgan fingerprint density at radius 3 is 2.69 bits per heavy atom. The molecule has 1 atom stereocenters. The first-order chi connectivity index (χ1) is 13.9. The topological polar surface area (TPSA) is 104 Å². The van der Waals surface area contributed by atoms with Gasteiger partial charge in [0.25, 0.3) is 0 Å². The van der Waals surface area contributed by atoms with Gasteiger partial charge in [-0.1, -0.05) is 24.3 Å². The van der Waals surface area contributed by atoms with Crippen molar-refractivity contribution in [3.05, 3.63) is 58.2 Å². The number of carbonyl (C=O) groups is 1. The smallest absolute Gasteiger partial charge is 0.338 e. The molecule has 29 heavy (non-hydrogen) atoms. The van der Waals surface area contributed by atoms with Crippen molar-refractivity contribution in [1.29, 1.82) is 5.26 Å². The average Bonchev–Trinajstić information content (AvgIpc) is 2.67. The van der Waals surface area contributed by atoms with Gasteiger partial charge in [0.2, 0.25) is 5.88 Å². The largest absolute Gasteiger partial charge is 0.490 e. The molecule has 1 aliphatic heterocycles. The predicted octanol–water partition coefficient (Wildman–Crippen LogP) is 3.95. The molecule has 1 aromatic carbocycles. The average molecular weight is 419 g/mol. The van der Waals surface area contributed by atoms with Gasteiger partial charge in [0.1, 0.15) is 24.0 Å². The van der Waals surface area contributed by atoms with Gasteiger partial charge >= 0.3 is 5.97 Å². The molecule has 0 radical (unpaired) electrons. The van der Waals surface area contributed by atoms with E-state index in [2.05, 4.69) is 6.58 Å². The molecule has 0 fully saturated rings. The fourth-order valence-electron chi connectivity index (χ4n) is 2.99. The van der Waals surface area contributed by atoms with Crippen LogP contribution in [-0.4, -0.2) is 25.8 Å². The third kappa shape index (κ3) is 4.66. The molecule has 0 spiro atoms. The molecule has 1 unspecified atom stereocenters. The second-order valence-electron chi connectivity index (χ2n) is 5.98. The molecule has 2 rings (SSSR count). The Bertz CT molecular complexity index is 914. The second kappa shape index (κ2) is 9.89. The fraction of sp³-hybridized carbons (Fsp3) is 0.333. The summed E-state index contributed by atoms with van der Waals surface area (Å²) in [5.74, 6) is -0.525. The Balaban J connectivity index is 2.68. The van der Waals surface area contributed by atoms with Crippen LogP contribution in [0.1, 0.15) is 32.3 Å². The minimum absolute atomic E-state index is 0.0795. The van der Waals surface area contributed by atoms with E-state index in [0.29, 0.717) is 23.7 Å². The van der Waals surface area contributed by atoms with Crippen LogP contribution < -0.4 is 15.2 Å². The SMILES string of the molecule is C=CCOc1c(Cl)cc(C2C(C#N)=C(N)OC(C)=C2C(=O)OCC)cc1OCC. The summed E-state index contributed by atoms with van der Waals surface area (Å²) in [7, 11) is 0. The zero-order valence-corrected chi connectivity index (χ0v) is 17.3. The number of rotatable bonds is 8. The van der Waals surface area contributed by atoms with Crippen LogP contribution in [0.25, 0.3) is 0 Å². The molecular weight excluding hydrogens is 396 g/mol. The lowest BCUT2D eigenvalue weighted by atomic mass is 9.83. The van der Waals surface area contributed by atoms with E-state index in [1.165, 1.54) is 0 Å². The lowest BCUT2D eigenvalue weighted by Crippen LogP contribution is -2.25. The Kier molecular flexibility index (Phi) is 7.57. The molecule has 8 heteroatoms. The van der Waals surface area contributed by atoms with Gasteiger partial charge in [-0.05, 0) is 38.5 Å². The number of nitriles is 1. The summed E-state index contributed by atoms with van der Waals surface area (Å²) in [6.07, 6.45) is 1.58. The number of nitrogens with zero attached hydrogens (tertiary/aromatic N) is 1. The standard InChI is InChI=1S/C21H23ClN2O5/c1-5-8-28-19-15(22)9-13(10-16(19)26-6-2)18-14(11-23)20(24)29-12(4)17(18)21(25)27-7-3/h5,9-10,18H,1,6-8,24H2,2-4H3. The predicted molar refractivity (Wildman–Crippen MR) is 108 cm³/mol. The summed E-state index contributed by atoms with van der Waals surface area (Å²) in [5, 5.41) is 9.94. The molecule has 1 heterocycles. The van der Waals surface area contributed by atoms with Crippen LogP contribution in [0.3, 0.4) is 0 Å². The first-order valence-electron chi connectivity index (χ1n) is 9.04. The van der Waals surface area contributed by atoms with E-state index in [1.807, 2.05) is 13.0 Å². The molecule has 1 aliphatic rings. The minimum atomic E-state index is -0.821. The van der Waals surface area contributed by atoms with Gasteiger partial charge in [-0.3, -0.25) is 0 Å². The highest BCUT2D eigenvalue weighted by Gasteiger charge is 2.37. The Labute approximate surface area is 174 Å². The van der Waals surface area contributed by atoms with Crippen LogP contribution in [0, 0.1) is 11.3 Å². The molecule has 0 amide bonds. The van der Waals surface area contributed by atoms with E-state index < -0.39 is 11.9 Å². The van der Waals surface area contributed by atoms with Gasteiger partial charge in [-0.15, -0.1) is 0 Å². The first kappa shape index (κ1) is 22.2. The Morgan fingerprint density at radius 1 is 1.38 bits per heavy atom. The van der Waals surface area contributed by atoms with Gasteiger partial charge < -0.3 is 24.7 Å². The van der Waals surface area contributed by atoms with E-state index in [4.69, 9.17) is 36.3 Å². The highest BCUT2D eigenvalue weighted by atomic mass is 35.5. The second-order valence-corrected chi connectivity index (χ2v) is 6.39. The highest BCUT2D eigenvalue weighted by molar-refractivity contribution is 6.32. The molecule has 0 aromatic heterocycles. The van der Waals surface area contributed by atoms with Crippen molar-refractivity contribution < 1.29 is 23.7 Å². The van der Waals surface area contributed by atoms with Gasteiger partial charge in [0.15, 0.2) is 11.5 Å². The van der Waals surface area contributed by atoms with Crippen LogP contribution in [-0.2, 0) is 14.3 Å². The lowest BCUT2D eigenvalue weighted by Gasteiger charge is -2.27. The van der Waals surface area contributed by atoms with Crippen molar-refractivity contribution in [2.75, 3.05) is 19.8 Å². The quantitative estimate of drug-likeness (QED) is 0.503. The molecule has 154 valence electrons. The highest BCUT2D eigenvalue weighted by Crippen LogP contribution is 2.45. The van der Waals surface area contributed by atoms with E-state index in [0.717, 1.165) is 0 Å². The number of carbonyl (C=O) groups excluding carboxylic acids is 1.